The third-order valence-corrected chi connectivity index (χ3v) is 8.90. The lowest BCUT2D eigenvalue weighted by Crippen LogP contribution is -2.74. The molecular formula is C29H35N5O7. The van der Waals surface area contributed by atoms with Crippen LogP contribution in [0.4, 0.5) is 11.5 Å². The average molecular weight is 566 g/mol. The van der Waals surface area contributed by atoms with Gasteiger partial charge >= 0.3 is 0 Å². The summed E-state index contributed by atoms with van der Waals surface area (Å²) in [7, 11) is 6.73. The van der Waals surface area contributed by atoms with Crippen LogP contribution in [0.5, 0.6) is 5.75 Å². The highest BCUT2D eigenvalue weighted by atomic mass is 16.3. The Morgan fingerprint density at radius 1 is 1.15 bits per heavy atom. The summed E-state index contributed by atoms with van der Waals surface area (Å²) in [6.07, 6.45) is 0.212. The molecule has 1 aromatic heterocycles. The third kappa shape index (κ3) is 4.15. The van der Waals surface area contributed by atoms with Crippen LogP contribution in [0, 0.1) is 30.6 Å². The Kier molecular flexibility index (Phi) is 6.82. The molecule has 1 aromatic carbocycles. The Morgan fingerprint density at radius 3 is 2.39 bits per heavy atom. The molecule has 5 rings (SSSR count). The second-order valence-electron chi connectivity index (χ2n) is 11.8. The Morgan fingerprint density at radius 2 is 1.83 bits per heavy atom. The van der Waals surface area contributed by atoms with Crippen LogP contribution >= 0.6 is 0 Å². The smallest absolute Gasteiger partial charge is 0.235 e. The summed E-state index contributed by atoms with van der Waals surface area (Å²) in [5.41, 5.74) is 5.21. The van der Waals surface area contributed by atoms with Crippen molar-refractivity contribution in [2.45, 2.75) is 38.0 Å². The second kappa shape index (κ2) is 9.81. The first kappa shape index (κ1) is 28.5. The molecule has 0 saturated heterocycles. The number of anilines is 2. The highest BCUT2D eigenvalue weighted by Gasteiger charge is 2.69. The van der Waals surface area contributed by atoms with Crippen molar-refractivity contribution < 1.29 is 34.2 Å². The van der Waals surface area contributed by atoms with Crippen LogP contribution < -0.4 is 16.0 Å². The van der Waals surface area contributed by atoms with Crippen molar-refractivity contribution in [3.63, 3.8) is 0 Å². The molecule has 0 bridgehead atoms. The van der Waals surface area contributed by atoms with Gasteiger partial charge in [-0.25, -0.2) is 0 Å². The van der Waals surface area contributed by atoms with E-state index in [1.165, 1.54) is 4.90 Å². The minimum absolute atomic E-state index is 0.00695. The van der Waals surface area contributed by atoms with E-state index < -0.39 is 64.4 Å². The molecule has 6 N–H and O–H groups in total. The average Bonchev–Trinajstić information content (AvgIpc) is 3.30. The minimum atomic E-state index is -2.75. The van der Waals surface area contributed by atoms with Gasteiger partial charge in [0.25, 0.3) is 0 Å². The number of aromatic amines is 1. The molecule has 1 amide bonds. The standard InChI is InChI=1S/C29H35N5O7/c1-12-6-7-18(32-12)31-11-14-10-17(33(2)3)15-8-13-9-16-22(34(4)5)25(37)21(28(30)40)27(39)29(16,41)26(38)19(13)24(36)20(15)23(14)35/h6-7,10,13,16,19,21-22,31-32,35,41H,8-9,11H2,1-5H3,(H2,30,40)/t13-,16-,19?,21?,22-,29-/m0/s1. The maximum Gasteiger partial charge on any atom is 0.235 e. The molecule has 0 aliphatic heterocycles. The lowest BCUT2D eigenvalue weighted by atomic mass is 9.52. The molecule has 2 aromatic rings. The predicted molar refractivity (Wildman–Crippen MR) is 149 cm³/mol. The SMILES string of the molecule is Cc1ccc(NCc2cc(N(C)C)c3c(c2O)C(=O)C2C(=O)[C@]4(O)C(=O)C(C(N)=O)C(=O)[C@@H](N(C)C)[C@@H]4C[C@@H]2C3)[nH]1. The Labute approximate surface area is 236 Å². The monoisotopic (exact) mass is 565 g/mol. The van der Waals surface area contributed by atoms with Crippen LogP contribution in [0.3, 0.4) is 0 Å². The Bertz CT molecular complexity index is 1490. The van der Waals surface area contributed by atoms with Crippen LogP contribution in [0.2, 0.25) is 0 Å². The van der Waals surface area contributed by atoms with E-state index in [1.807, 2.05) is 38.1 Å². The van der Waals surface area contributed by atoms with Crippen molar-refractivity contribution in [1.82, 2.24) is 9.88 Å². The number of benzene rings is 1. The maximum atomic E-state index is 14.1. The number of nitrogens with two attached hydrogens (primary N) is 1. The van der Waals surface area contributed by atoms with Crippen LogP contribution in [0.25, 0.3) is 0 Å². The summed E-state index contributed by atoms with van der Waals surface area (Å²) in [4.78, 5) is 73.4. The van der Waals surface area contributed by atoms with E-state index in [0.29, 0.717) is 16.8 Å². The number of fused-ring (bicyclic) bond motifs is 3. The summed E-state index contributed by atoms with van der Waals surface area (Å²) in [6.45, 7) is 2.08. The molecule has 3 aliphatic carbocycles. The van der Waals surface area contributed by atoms with Crippen molar-refractivity contribution in [2.75, 3.05) is 38.4 Å². The number of ketones is 4. The number of carbonyl (C=O) groups is 5. The van der Waals surface area contributed by atoms with Gasteiger partial charge in [-0.3, -0.25) is 28.9 Å². The lowest BCUT2D eigenvalue weighted by molar-refractivity contribution is -0.181. The fourth-order valence-corrected chi connectivity index (χ4v) is 7.04. The number of aromatic hydroxyl groups is 1. The predicted octanol–water partition coefficient (Wildman–Crippen LogP) is 0.182. The molecule has 6 atom stereocenters. The van der Waals surface area contributed by atoms with Crippen molar-refractivity contribution >= 4 is 40.5 Å². The largest absolute Gasteiger partial charge is 0.507 e. The van der Waals surface area contributed by atoms with Gasteiger partial charge in [0.1, 0.15) is 11.6 Å². The van der Waals surface area contributed by atoms with Crippen LogP contribution in [-0.4, -0.2) is 89.0 Å². The zero-order valence-electron chi connectivity index (χ0n) is 23.6. The number of hydrogen-bond acceptors (Lipinski definition) is 10. The first-order valence-corrected chi connectivity index (χ1v) is 13.5. The number of aromatic nitrogens is 1. The number of carbonyl (C=O) groups excluding carboxylic acids is 5. The fraction of sp³-hybridized carbons (Fsp3) is 0.483. The van der Waals surface area contributed by atoms with Crippen LogP contribution in [-0.2, 0) is 32.1 Å². The summed E-state index contributed by atoms with van der Waals surface area (Å²) < 4.78 is 0. The van der Waals surface area contributed by atoms with Crippen molar-refractivity contribution in [2.24, 2.45) is 29.4 Å². The van der Waals surface area contributed by atoms with E-state index in [2.05, 4.69) is 10.3 Å². The zero-order chi connectivity index (χ0) is 30.1. The Hall–Kier alpha value is -4.03. The number of aliphatic hydroxyl groups is 1. The van der Waals surface area contributed by atoms with Gasteiger partial charge in [-0.1, -0.05) is 0 Å². The first-order chi connectivity index (χ1) is 19.2. The summed E-state index contributed by atoms with van der Waals surface area (Å²) in [5, 5.41) is 26.3. The Balaban J connectivity index is 1.60. The molecule has 2 fully saturated rings. The number of nitrogens with zero attached hydrogens (tertiary/aromatic N) is 2. The normalized spacial score (nSPS) is 29.2. The quantitative estimate of drug-likeness (QED) is 0.303. The van der Waals surface area contributed by atoms with E-state index in [1.54, 1.807) is 20.2 Å². The van der Waals surface area contributed by atoms with Crippen LogP contribution in [0.1, 0.15) is 33.6 Å². The van der Waals surface area contributed by atoms with Gasteiger partial charge in [0.15, 0.2) is 34.7 Å². The van der Waals surface area contributed by atoms with Crippen molar-refractivity contribution in [1.29, 1.82) is 0 Å². The minimum Gasteiger partial charge on any atom is -0.507 e. The van der Waals surface area contributed by atoms with Gasteiger partial charge < -0.3 is 31.1 Å². The summed E-state index contributed by atoms with van der Waals surface area (Å²) in [5.74, 6) is -9.85. The van der Waals surface area contributed by atoms with Gasteiger partial charge in [0.05, 0.1) is 17.5 Å². The molecule has 12 heteroatoms. The molecule has 3 aliphatic rings. The highest BCUT2D eigenvalue weighted by molar-refractivity contribution is 6.32. The molecule has 41 heavy (non-hydrogen) atoms. The summed E-state index contributed by atoms with van der Waals surface area (Å²) in [6, 6.07) is 4.39. The number of rotatable bonds is 6. The zero-order valence-corrected chi connectivity index (χ0v) is 23.6. The number of Topliss-reactive ketones (excluding diaryl/α,β-unsaturated/α-hetero) is 4. The van der Waals surface area contributed by atoms with Crippen LogP contribution in [0.15, 0.2) is 18.2 Å². The fourth-order valence-electron chi connectivity index (χ4n) is 7.04. The molecule has 12 nitrogen and oxygen atoms in total. The number of likely N-dealkylation sites (N-methyl/N-ethyl adjacent to an activating group) is 1. The summed E-state index contributed by atoms with van der Waals surface area (Å²) >= 11 is 0. The molecular weight excluding hydrogens is 530 g/mol. The van der Waals surface area contributed by atoms with Crippen molar-refractivity contribution in [3.8, 4) is 5.75 Å². The molecule has 0 radical (unpaired) electrons. The van der Waals surface area contributed by atoms with Gasteiger partial charge in [-0.15, -0.1) is 0 Å². The number of hydrogen-bond donors (Lipinski definition) is 5. The topological polar surface area (TPSA) is 186 Å². The molecule has 2 unspecified atom stereocenters. The van der Waals surface area contributed by atoms with Gasteiger partial charge in [-0.05, 0) is 63.5 Å². The number of primary amides is 1. The number of aryl methyl sites for hydroxylation is 1. The van der Waals surface area contributed by atoms with Gasteiger partial charge in [0.2, 0.25) is 5.91 Å². The molecule has 2 saturated carbocycles. The lowest BCUT2D eigenvalue weighted by Gasteiger charge is -2.52. The molecule has 1 heterocycles. The number of phenolic OH excluding ortho intramolecular Hbond substituents is 1. The van der Waals surface area contributed by atoms with E-state index in [4.69, 9.17) is 5.73 Å². The number of nitrogens with one attached hydrogen (secondary N) is 2. The van der Waals surface area contributed by atoms with Gasteiger partial charge in [0, 0.05) is 43.5 Å². The highest BCUT2D eigenvalue weighted by Crippen LogP contribution is 2.52. The number of H-pyrrole nitrogens is 1. The second-order valence-corrected chi connectivity index (χ2v) is 11.8. The van der Waals surface area contributed by atoms with Crippen molar-refractivity contribution in [3.05, 3.63) is 40.6 Å². The van der Waals surface area contributed by atoms with E-state index in [-0.39, 0.29) is 30.7 Å². The maximum absolute atomic E-state index is 14.1. The molecule has 218 valence electrons. The number of amides is 1. The first-order valence-electron chi connectivity index (χ1n) is 13.5. The van der Waals surface area contributed by atoms with E-state index in [0.717, 1.165) is 11.5 Å². The van der Waals surface area contributed by atoms with E-state index in [9.17, 15) is 34.2 Å². The van der Waals surface area contributed by atoms with Gasteiger partial charge in [-0.2, -0.15) is 0 Å². The molecule has 0 spiro atoms. The van der Waals surface area contributed by atoms with E-state index >= 15 is 0 Å². The number of phenols is 1. The third-order valence-electron chi connectivity index (χ3n) is 8.90.